The molecule has 2 heterocycles. The van der Waals surface area contributed by atoms with Gasteiger partial charge in [-0.3, -0.25) is 4.90 Å². The van der Waals surface area contributed by atoms with Crippen LogP contribution in [0.5, 0.6) is 5.88 Å². The van der Waals surface area contributed by atoms with E-state index in [4.69, 9.17) is 4.74 Å². The molecule has 1 saturated heterocycles. The minimum absolute atomic E-state index is 0.476. The Labute approximate surface area is 97.4 Å². The second-order valence-electron chi connectivity index (χ2n) is 4.59. The van der Waals surface area contributed by atoms with E-state index in [1.165, 1.54) is 24.9 Å². The zero-order valence-corrected chi connectivity index (χ0v) is 10.3. The fourth-order valence-corrected chi connectivity index (χ4v) is 2.57. The Bertz CT molecular complexity index is 352. The van der Waals surface area contributed by atoms with Crippen LogP contribution in [-0.4, -0.2) is 29.6 Å². The highest BCUT2D eigenvalue weighted by Crippen LogP contribution is 2.36. The lowest BCUT2D eigenvalue weighted by Crippen LogP contribution is -2.30. The molecule has 3 heteroatoms. The highest BCUT2D eigenvalue weighted by Gasteiger charge is 2.30. The monoisotopic (exact) mass is 220 g/mol. The molecule has 1 fully saturated rings. The van der Waals surface area contributed by atoms with Crippen LogP contribution >= 0.6 is 0 Å². The van der Waals surface area contributed by atoms with Crippen LogP contribution in [0.4, 0.5) is 0 Å². The van der Waals surface area contributed by atoms with Gasteiger partial charge in [0.05, 0.1) is 7.11 Å². The van der Waals surface area contributed by atoms with Gasteiger partial charge in [-0.2, -0.15) is 0 Å². The van der Waals surface area contributed by atoms with Crippen molar-refractivity contribution in [1.82, 2.24) is 9.88 Å². The minimum Gasteiger partial charge on any atom is -0.481 e. The summed E-state index contributed by atoms with van der Waals surface area (Å²) >= 11 is 0. The van der Waals surface area contributed by atoms with Gasteiger partial charge in [-0.15, -0.1) is 0 Å². The lowest BCUT2D eigenvalue weighted by atomic mass is 10.1. The van der Waals surface area contributed by atoms with Crippen molar-refractivity contribution in [2.45, 2.75) is 38.8 Å². The number of aromatic nitrogens is 1. The smallest absolute Gasteiger partial charge is 0.217 e. The van der Waals surface area contributed by atoms with Crippen molar-refractivity contribution in [1.29, 1.82) is 0 Å². The molecule has 0 N–H and O–H groups in total. The van der Waals surface area contributed by atoms with Crippen LogP contribution < -0.4 is 4.74 Å². The maximum atomic E-state index is 5.35. The van der Waals surface area contributed by atoms with E-state index in [1.54, 1.807) is 13.3 Å². The van der Waals surface area contributed by atoms with Crippen LogP contribution in [0.2, 0.25) is 0 Å². The topological polar surface area (TPSA) is 25.4 Å². The first-order valence-corrected chi connectivity index (χ1v) is 5.98. The van der Waals surface area contributed by atoms with Gasteiger partial charge >= 0.3 is 0 Å². The van der Waals surface area contributed by atoms with Gasteiger partial charge in [0.25, 0.3) is 0 Å². The summed E-state index contributed by atoms with van der Waals surface area (Å²) < 4.78 is 5.35. The maximum absolute atomic E-state index is 5.35. The molecule has 1 aromatic heterocycles. The molecule has 0 unspecified atom stereocenters. The normalized spacial score (nSPS) is 21.6. The molecule has 1 atom stereocenters. The van der Waals surface area contributed by atoms with Gasteiger partial charge in [0, 0.05) is 23.8 Å². The molecule has 2 rings (SSSR count). The summed E-state index contributed by atoms with van der Waals surface area (Å²) in [6.45, 7) is 5.68. The molecule has 0 bridgehead atoms. The standard InChI is InChI=1S/C13H20N2O/c1-10(2)15-9-5-7-12(15)11-6-4-8-14-13(11)16-3/h4,6,8,10,12H,5,7,9H2,1-3H3/t12-/m0/s1. The molecule has 1 aliphatic heterocycles. The Balaban J connectivity index is 2.28. The number of methoxy groups -OCH3 is 1. The number of hydrogen-bond donors (Lipinski definition) is 0. The molecule has 0 spiro atoms. The first kappa shape index (κ1) is 11.4. The second-order valence-corrected chi connectivity index (χ2v) is 4.59. The average molecular weight is 220 g/mol. The third-order valence-corrected chi connectivity index (χ3v) is 3.31. The van der Waals surface area contributed by atoms with Crippen molar-refractivity contribution >= 4 is 0 Å². The SMILES string of the molecule is COc1ncccc1[C@@H]1CCCN1C(C)C. The van der Waals surface area contributed by atoms with Gasteiger partial charge in [0.2, 0.25) is 5.88 Å². The van der Waals surface area contributed by atoms with Crippen LogP contribution in [0.25, 0.3) is 0 Å². The van der Waals surface area contributed by atoms with E-state index in [0.29, 0.717) is 12.1 Å². The Morgan fingerprint density at radius 1 is 1.50 bits per heavy atom. The Kier molecular flexibility index (Phi) is 3.44. The van der Waals surface area contributed by atoms with Crippen molar-refractivity contribution < 1.29 is 4.74 Å². The number of rotatable bonds is 3. The van der Waals surface area contributed by atoms with Crippen molar-refractivity contribution in [2.24, 2.45) is 0 Å². The highest BCUT2D eigenvalue weighted by molar-refractivity contribution is 5.29. The van der Waals surface area contributed by atoms with Gasteiger partial charge in [-0.05, 0) is 39.3 Å². The van der Waals surface area contributed by atoms with Crippen molar-refractivity contribution in [3.63, 3.8) is 0 Å². The molecule has 3 nitrogen and oxygen atoms in total. The average Bonchev–Trinajstić information content (AvgIpc) is 2.77. The summed E-state index contributed by atoms with van der Waals surface area (Å²) in [5.74, 6) is 0.778. The van der Waals surface area contributed by atoms with Crippen molar-refractivity contribution in [3.8, 4) is 5.88 Å². The predicted octanol–water partition coefficient (Wildman–Crippen LogP) is 2.64. The highest BCUT2D eigenvalue weighted by atomic mass is 16.5. The van der Waals surface area contributed by atoms with Gasteiger partial charge in [-0.25, -0.2) is 4.98 Å². The van der Waals surface area contributed by atoms with Gasteiger partial charge in [0.15, 0.2) is 0 Å². The van der Waals surface area contributed by atoms with E-state index in [-0.39, 0.29) is 0 Å². The molecule has 88 valence electrons. The Morgan fingerprint density at radius 3 is 3.00 bits per heavy atom. The van der Waals surface area contributed by atoms with E-state index in [9.17, 15) is 0 Å². The Morgan fingerprint density at radius 2 is 2.31 bits per heavy atom. The van der Waals surface area contributed by atoms with Gasteiger partial charge in [-0.1, -0.05) is 6.07 Å². The molecule has 0 aliphatic carbocycles. The molecule has 1 aliphatic rings. The Hall–Kier alpha value is -1.09. The molecular weight excluding hydrogens is 200 g/mol. The summed E-state index contributed by atoms with van der Waals surface area (Å²) in [4.78, 5) is 6.81. The quantitative estimate of drug-likeness (QED) is 0.783. The minimum atomic E-state index is 0.476. The molecule has 0 aromatic carbocycles. The van der Waals surface area contributed by atoms with Crippen LogP contribution in [0.15, 0.2) is 18.3 Å². The van der Waals surface area contributed by atoms with E-state index < -0.39 is 0 Å². The fourth-order valence-electron chi connectivity index (χ4n) is 2.57. The number of nitrogens with zero attached hydrogens (tertiary/aromatic N) is 2. The van der Waals surface area contributed by atoms with Crippen LogP contribution in [0.3, 0.4) is 0 Å². The first-order valence-electron chi connectivity index (χ1n) is 5.98. The third kappa shape index (κ3) is 2.05. The fraction of sp³-hybridized carbons (Fsp3) is 0.615. The molecule has 0 amide bonds. The van der Waals surface area contributed by atoms with E-state index in [1.807, 2.05) is 6.07 Å². The molecule has 16 heavy (non-hydrogen) atoms. The summed E-state index contributed by atoms with van der Waals surface area (Å²) in [5, 5.41) is 0. The second kappa shape index (κ2) is 4.83. The third-order valence-electron chi connectivity index (χ3n) is 3.31. The predicted molar refractivity (Wildman–Crippen MR) is 64.6 cm³/mol. The number of pyridine rings is 1. The molecule has 0 saturated carbocycles. The van der Waals surface area contributed by atoms with Crippen LogP contribution in [0.1, 0.15) is 38.3 Å². The molecule has 0 radical (unpaired) electrons. The molecule has 1 aromatic rings. The van der Waals surface area contributed by atoms with Crippen LogP contribution in [0, 0.1) is 0 Å². The zero-order chi connectivity index (χ0) is 11.5. The van der Waals surface area contributed by atoms with Crippen molar-refractivity contribution in [2.75, 3.05) is 13.7 Å². The van der Waals surface area contributed by atoms with E-state index >= 15 is 0 Å². The molecular formula is C13H20N2O. The zero-order valence-electron chi connectivity index (χ0n) is 10.3. The van der Waals surface area contributed by atoms with E-state index in [0.717, 1.165) is 5.88 Å². The summed E-state index contributed by atoms with van der Waals surface area (Å²) in [5.41, 5.74) is 1.23. The lowest BCUT2D eigenvalue weighted by molar-refractivity contribution is 0.201. The maximum Gasteiger partial charge on any atom is 0.217 e. The van der Waals surface area contributed by atoms with Crippen LogP contribution in [-0.2, 0) is 0 Å². The first-order chi connectivity index (χ1) is 7.74. The summed E-state index contributed by atoms with van der Waals surface area (Å²) in [7, 11) is 1.69. The number of ether oxygens (including phenoxy) is 1. The summed E-state index contributed by atoms with van der Waals surface area (Å²) in [6, 6.07) is 5.19. The largest absolute Gasteiger partial charge is 0.481 e. The lowest BCUT2D eigenvalue weighted by Gasteiger charge is -2.29. The van der Waals surface area contributed by atoms with Crippen molar-refractivity contribution in [3.05, 3.63) is 23.9 Å². The van der Waals surface area contributed by atoms with Gasteiger partial charge < -0.3 is 4.74 Å². The van der Waals surface area contributed by atoms with E-state index in [2.05, 4.69) is 29.8 Å². The van der Waals surface area contributed by atoms with Gasteiger partial charge in [0.1, 0.15) is 0 Å². The number of hydrogen-bond acceptors (Lipinski definition) is 3. The number of likely N-dealkylation sites (tertiary alicyclic amines) is 1. The summed E-state index contributed by atoms with van der Waals surface area (Å²) in [6.07, 6.45) is 4.26.